The van der Waals surface area contributed by atoms with Crippen molar-refractivity contribution < 1.29 is 13.2 Å². The SMILES string of the molecule is Cc1ccc(S(=O)(=O)N(CC(=O)N/N=C\c2cccc(Br)c2)c2ccc(Cl)cc2)cc1. The first-order valence-electron chi connectivity index (χ1n) is 9.18. The van der Waals surface area contributed by atoms with Crippen molar-refractivity contribution >= 4 is 55.4 Å². The van der Waals surface area contributed by atoms with Gasteiger partial charge in [-0.15, -0.1) is 0 Å². The van der Waals surface area contributed by atoms with E-state index in [1.54, 1.807) is 36.4 Å². The zero-order valence-electron chi connectivity index (χ0n) is 16.5. The van der Waals surface area contributed by atoms with Gasteiger partial charge in [0.1, 0.15) is 6.54 Å². The smallest absolute Gasteiger partial charge is 0.264 e. The molecule has 0 spiro atoms. The number of hydrogen-bond donors (Lipinski definition) is 1. The number of amides is 1. The van der Waals surface area contributed by atoms with E-state index in [2.05, 4.69) is 26.5 Å². The number of hydrazone groups is 1. The average Bonchev–Trinajstić information content (AvgIpc) is 2.73. The van der Waals surface area contributed by atoms with Crippen LogP contribution in [0.2, 0.25) is 5.02 Å². The van der Waals surface area contributed by atoms with Crippen molar-refractivity contribution in [1.82, 2.24) is 5.43 Å². The fraction of sp³-hybridized carbons (Fsp3) is 0.0909. The lowest BCUT2D eigenvalue weighted by molar-refractivity contribution is -0.119. The minimum atomic E-state index is -3.99. The number of aryl methyl sites for hydroxylation is 1. The molecule has 3 rings (SSSR count). The quantitative estimate of drug-likeness (QED) is 0.360. The number of carbonyl (C=O) groups is 1. The maximum absolute atomic E-state index is 13.3. The van der Waals surface area contributed by atoms with Crippen molar-refractivity contribution in [3.05, 3.63) is 93.4 Å². The van der Waals surface area contributed by atoms with Crippen LogP contribution < -0.4 is 9.73 Å². The van der Waals surface area contributed by atoms with E-state index in [9.17, 15) is 13.2 Å². The van der Waals surface area contributed by atoms with E-state index in [1.807, 2.05) is 31.2 Å². The van der Waals surface area contributed by atoms with Crippen LogP contribution >= 0.6 is 27.5 Å². The standard InChI is InChI=1S/C22H19BrClN3O3S/c1-16-5-11-21(12-6-16)31(29,30)27(20-9-7-19(24)8-10-20)15-22(28)26-25-14-17-3-2-4-18(23)13-17/h2-14H,15H2,1H3,(H,26,28)/b25-14-. The molecule has 0 aromatic heterocycles. The van der Waals surface area contributed by atoms with E-state index in [1.165, 1.54) is 18.3 Å². The van der Waals surface area contributed by atoms with Crippen molar-refractivity contribution in [2.75, 3.05) is 10.8 Å². The summed E-state index contributed by atoms with van der Waals surface area (Å²) >= 11 is 9.30. The summed E-state index contributed by atoms with van der Waals surface area (Å²) in [5.41, 5.74) is 4.40. The number of hydrogen-bond acceptors (Lipinski definition) is 4. The van der Waals surface area contributed by atoms with Gasteiger partial charge >= 0.3 is 0 Å². The first-order valence-corrected chi connectivity index (χ1v) is 11.8. The summed E-state index contributed by atoms with van der Waals surface area (Å²) in [6.07, 6.45) is 1.48. The second-order valence-electron chi connectivity index (χ2n) is 6.65. The average molecular weight is 521 g/mol. The van der Waals surface area contributed by atoms with Gasteiger partial charge in [0.25, 0.3) is 15.9 Å². The van der Waals surface area contributed by atoms with E-state index < -0.39 is 22.5 Å². The van der Waals surface area contributed by atoms with Crippen LogP contribution in [0.25, 0.3) is 0 Å². The molecule has 0 saturated heterocycles. The molecule has 0 aliphatic heterocycles. The molecule has 31 heavy (non-hydrogen) atoms. The number of sulfonamides is 1. The van der Waals surface area contributed by atoms with Crippen LogP contribution in [0.4, 0.5) is 5.69 Å². The molecule has 1 N–H and O–H groups in total. The Kier molecular flexibility index (Phi) is 7.48. The van der Waals surface area contributed by atoms with Crippen LogP contribution in [-0.2, 0) is 14.8 Å². The summed E-state index contributed by atoms with van der Waals surface area (Å²) in [5.74, 6) is -0.586. The summed E-state index contributed by atoms with van der Waals surface area (Å²) in [6, 6.07) is 20.0. The number of benzene rings is 3. The summed E-state index contributed by atoms with van der Waals surface area (Å²) in [5, 5.41) is 4.38. The van der Waals surface area contributed by atoms with Gasteiger partial charge in [0.2, 0.25) is 0 Å². The first-order chi connectivity index (χ1) is 14.8. The van der Waals surface area contributed by atoms with Crippen LogP contribution in [-0.4, -0.2) is 27.1 Å². The number of anilines is 1. The highest BCUT2D eigenvalue weighted by Gasteiger charge is 2.27. The fourth-order valence-corrected chi connectivity index (χ4v) is 4.66. The minimum absolute atomic E-state index is 0.0819. The van der Waals surface area contributed by atoms with E-state index in [0.717, 1.165) is 19.9 Å². The highest BCUT2D eigenvalue weighted by molar-refractivity contribution is 9.10. The van der Waals surface area contributed by atoms with Gasteiger partial charge in [-0.05, 0) is 61.0 Å². The lowest BCUT2D eigenvalue weighted by atomic mass is 10.2. The number of carbonyl (C=O) groups excluding carboxylic acids is 1. The molecule has 1 amide bonds. The van der Waals surface area contributed by atoms with Gasteiger partial charge in [0.15, 0.2) is 0 Å². The van der Waals surface area contributed by atoms with Gasteiger partial charge in [-0.1, -0.05) is 57.4 Å². The number of nitrogens with zero attached hydrogens (tertiary/aromatic N) is 2. The molecular weight excluding hydrogens is 502 g/mol. The lowest BCUT2D eigenvalue weighted by Gasteiger charge is -2.23. The Balaban J connectivity index is 1.83. The Morgan fingerprint density at radius 1 is 1.10 bits per heavy atom. The van der Waals surface area contributed by atoms with E-state index >= 15 is 0 Å². The van der Waals surface area contributed by atoms with Crippen LogP contribution in [0.3, 0.4) is 0 Å². The largest absolute Gasteiger partial charge is 0.271 e. The number of nitrogens with one attached hydrogen (secondary N) is 1. The maximum Gasteiger partial charge on any atom is 0.264 e. The molecule has 0 aliphatic rings. The lowest BCUT2D eigenvalue weighted by Crippen LogP contribution is -2.39. The minimum Gasteiger partial charge on any atom is -0.271 e. The number of rotatable bonds is 7. The molecule has 0 radical (unpaired) electrons. The summed E-state index contributed by atoms with van der Waals surface area (Å²) in [4.78, 5) is 12.6. The number of halogens is 2. The first kappa shape index (κ1) is 23.0. The molecule has 0 heterocycles. The van der Waals surface area contributed by atoms with Crippen molar-refractivity contribution in [1.29, 1.82) is 0 Å². The third kappa shape index (κ3) is 6.16. The molecule has 0 unspecified atom stereocenters. The Hall–Kier alpha value is -2.68. The molecule has 3 aromatic rings. The molecule has 0 bridgehead atoms. The maximum atomic E-state index is 13.3. The summed E-state index contributed by atoms with van der Waals surface area (Å²) in [6.45, 7) is 1.41. The summed E-state index contributed by atoms with van der Waals surface area (Å²) < 4.78 is 28.4. The molecule has 0 fully saturated rings. The van der Waals surface area contributed by atoms with Gasteiger partial charge in [-0.3, -0.25) is 9.10 Å². The topological polar surface area (TPSA) is 78.8 Å². The second kappa shape index (κ2) is 10.1. The summed E-state index contributed by atoms with van der Waals surface area (Å²) in [7, 11) is -3.99. The molecule has 3 aromatic carbocycles. The second-order valence-corrected chi connectivity index (χ2v) is 9.86. The third-order valence-electron chi connectivity index (χ3n) is 4.26. The van der Waals surface area contributed by atoms with Crippen molar-refractivity contribution in [2.24, 2.45) is 5.10 Å². The van der Waals surface area contributed by atoms with Gasteiger partial charge in [0.05, 0.1) is 16.8 Å². The van der Waals surface area contributed by atoms with Crippen molar-refractivity contribution in [3.63, 3.8) is 0 Å². The van der Waals surface area contributed by atoms with E-state index in [4.69, 9.17) is 11.6 Å². The monoisotopic (exact) mass is 519 g/mol. The molecule has 6 nitrogen and oxygen atoms in total. The molecule has 0 aliphatic carbocycles. The molecule has 160 valence electrons. The van der Waals surface area contributed by atoms with Crippen LogP contribution in [0.15, 0.2) is 87.3 Å². The molecule has 0 saturated carbocycles. The fourth-order valence-electron chi connectivity index (χ4n) is 2.69. The molecule has 0 atom stereocenters. The zero-order chi connectivity index (χ0) is 22.4. The Morgan fingerprint density at radius 2 is 1.77 bits per heavy atom. The predicted molar refractivity (Wildman–Crippen MR) is 127 cm³/mol. The van der Waals surface area contributed by atoms with E-state index in [0.29, 0.717) is 10.7 Å². The van der Waals surface area contributed by atoms with Gasteiger partial charge in [0, 0.05) is 9.50 Å². The van der Waals surface area contributed by atoms with Crippen molar-refractivity contribution in [3.8, 4) is 0 Å². The third-order valence-corrected chi connectivity index (χ3v) is 6.80. The predicted octanol–water partition coefficient (Wildman–Crippen LogP) is 4.76. The Morgan fingerprint density at radius 3 is 2.42 bits per heavy atom. The van der Waals surface area contributed by atoms with E-state index in [-0.39, 0.29) is 4.90 Å². The molecular formula is C22H19BrClN3O3S. The van der Waals surface area contributed by atoms with Gasteiger partial charge in [-0.2, -0.15) is 5.10 Å². The highest BCUT2D eigenvalue weighted by Crippen LogP contribution is 2.25. The van der Waals surface area contributed by atoms with Crippen molar-refractivity contribution in [2.45, 2.75) is 11.8 Å². The normalized spacial score (nSPS) is 11.5. The Bertz CT molecular complexity index is 1200. The van der Waals surface area contributed by atoms with Gasteiger partial charge in [-0.25, -0.2) is 13.8 Å². The highest BCUT2D eigenvalue weighted by atomic mass is 79.9. The zero-order valence-corrected chi connectivity index (χ0v) is 19.7. The van der Waals surface area contributed by atoms with Gasteiger partial charge < -0.3 is 0 Å². The molecule has 9 heteroatoms. The van der Waals surface area contributed by atoms with Crippen LogP contribution in [0, 0.1) is 6.92 Å². The van der Waals surface area contributed by atoms with Crippen LogP contribution in [0.5, 0.6) is 0 Å². The van der Waals surface area contributed by atoms with Crippen LogP contribution in [0.1, 0.15) is 11.1 Å². The Labute approximate surface area is 194 Å².